The lowest BCUT2D eigenvalue weighted by atomic mass is 9.98. The van der Waals surface area contributed by atoms with E-state index in [0.29, 0.717) is 6.42 Å². The van der Waals surface area contributed by atoms with E-state index in [9.17, 15) is 9.59 Å². The van der Waals surface area contributed by atoms with Crippen molar-refractivity contribution in [3.63, 3.8) is 0 Å². The first-order valence-corrected chi connectivity index (χ1v) is 8.58. The molecule has 0 radical (unpaired) electrons. The number of nitrogens with one attached hydrogen (secondary N) is 1. The quantitative estimate of drug-likeness (QED) is 0.769. The second-order valence-corrected chi connectivity index (χ2v) is 6.32. The van der Waals surface area contributed by atoms with E-state index in [1.54, 1.807) is 0 Å². The SMILES string of the molecule is COC(=O)CC(Cc1ccc(C)cc1C)NC(=O)OCc1ccccc1. The van der Waals surface area contributed by atoms with Gasteiger partial charge >= 0.3 is 12.1 Å². The average molecular weight is 355 g/mol. The first-order valence-electron chi connectivity index (χ1n) is 8.58. The summed E-state index contributed by atoms with van der Waals surface area (Å²) in [5.41, 5.74) is 4.28. The van der Waals surface area contributed by atoms with Gasteiger partial charge in [-0.2, -0.15) is 0 Å². The van der Waals surface area contributed by atoms with Crippen LogP contribution in [-0.2, 0) is 27.3 Å². The molecular formula is C21H25NO4. The molecule has 0 saturated carbocycles. The number of aryl methyl sites for hydroxylation is 2. The molecule has 26 heavy (non-hydrogen) atoms. The van der Waals surface area contributed by atoms with Crippen molar-refractivity contribution in [3.8, 4) is 0 Å². The maximum Gasteiger partial charge on any atom is 0.407 e. The van der Waals surface area contributed by atoms with Crippen LogP contribution in [0.3, 0.4) is 0 Å². The minimum absolute atomic E-state index is 0.0876. The van der Waals surface area contributed by atoms with Gasteiger partial charge in [-0.25, -0.2) is 4.79 Å². The number of amides is 1. The van der Waals surface area contributed by atoms with Crippen molar-refractivity contribution < 1.29 is 19.1 Å². The summed E-state index contributed by atoms with van der Waals surface area (Å²) in [7, 11) is 1.34. The maximum absolute atomic E-state index is 12.1. The van der Waals surface area contributed by atoms with Gasteiger partial charge in [0.05, 0.1) is 13.5 Å². The Balaban J connectivity index is 1.99. The Morgan fingerprint density at radius 2 is 1.81 bits per heavy atom. The highest BCUT2D eigenvalue weighted by atomic mass is 16.5. The van der Waals surface area contributed by atoms with E-state index < -0.39 is 12.1 Å². The van der Waals surface area contributed by atoms with Gasteiger partial charge in [-0.3, -0.25) is 4.79 Å². The van der Waals surface area contributed by atoms with Gasteiger partial charge in [-0.15, -0.1) is 0 Å². The largest absolute Gasteiger partial charge is 0.469 e. The van der Waals surface area contributed by atoms with Crippen LogP contribution < -0.4 is 5.32 Å². The van der Waals surface area contributed by atoms with Crippen LogP contribution >= 0.6 is 0 Å². The molecule has 138 valence electrons. The molecule has 0 saturated heterocycles. The predicted molar refractivity (Wildman–Crippen MR) is 99.8 cm³/mol. The molecule has 2 rings (SSSR count). The fourth-order valence-electron chi connectivity index (χ4n) is 2.73. The van der Waals surface area contributed by atoms with E-state index in [0.717, 1.165) is 16.7 Å². The summed E-state index contributed by atoms with van der Waals surface area (Å²) in [4.78, 5) is 23.8. The number of rotatable bonds is 7. The molecule has 0 aromatic heterocycles. The molecule has 1 N–H and O–H groups in total. The van der Waals surface area contributed by atoms with Gasteiger partial charge in [-0.1, -0.05) is 54.1 Å². The van der Waals surface area contributed by atoms with Crippen molar-refractivity contribution in [2.75, 3.05) is 7.11 Å². The van der Waals surface area contributed by atoms with E-state index in [1.807, 2.05) is 56.3 Å². The van der Waals surface area contributed by atoms with Crippen molar-refractivity contribution in [1.29, 1.82) is 0 Å². The van der Waals surface area contributed by atoms with Crippen LogP contribution in [0.1, 0.15) is 28.7 Å². The van der Waals surface area contributed by atoms with Crippen LogP contribution in [0.2, 0.25) is 0 Å². The third kappa shape index (κ3) is 6.24. The van der Waals surface area contributed by atoms with Crippen LogP contribution in [0.15, 0.2) is 48.5 Å². The van der Waals surface area contributed by atoms with Gasteiger partial charge in [-0.05, 0) is 37.0 Å². The number of hydrogen-bond acceptors (Lipinski definition) is 4. The van der Waals surface area contributed by atoms with E-state index in [-0.39, 0.29) is 19.0 Å². The number of carbonyl (C=O) groups excluding carboxylic acids is 2. The Labute approximate surface area is 154 Å². The number of esters is 1. The lowest BCUT2D eigenvalue weighted by Crippen LogP contribution is -2.38. The van der Waals surface area contributed by atoms with Crippen molar-refractivity contribution in [3.05, 3.63) is 70.8 Å². The first-order chi connectivity index (χ1) is 12.5. The van der Waals surface area contributed by atoms with Gasteiger partial charge < -0.3 is 14.8 Å². The monoisotopic (exact) mass is 355 g/mol. The Kier molecular flexibility index (Phi) is 7.21. The standard InChI is InChI=1S/C21H25NO4/c1-15-9-10-18(16(2)11-15)12-19(13-20(23)25-3)22-21(24)26-14-17-7-5-4-6-8-17/h4-11,19H,12-14H2,1-3H3,(H,22,24). The Bertz CT molecular complexity index is 743. The third-order valence-corrected chi connectivity index (χ3v) is 4.14. The molecule has 1 amide bonds. The molecular weight excluding hydrogens is 330 g/mol. The molecule has 0 aliphatic rings. The van der Waals surface area contributed by atoms with E-state index in [1.165, 1.54) is 12.7 Å². The van der Waals surface area contributed by atoms with Crippen molar-refractivity contribution in [2.45, 2.75) is 39.3 Å². The molecule has 2 aromatic carbocycles. The normalized spacial score (nSPS) is 11.5. The molecule has 2 aromatic rings. The van der Waals surface area contributed by atoms with Gasteiger partial charge in [0.15, 0.2) is 0 Å². The highest BCUT2D eigenvalue weighted by Gasteiger charge is 2.19. The average Bonchev–Trinajstić information content (AvgIpc) is 2.63. The highest BCUT2D eigenvalue weighted by molar-refractivity contribution is 5.72. The molecule has 0 bridgehead atoms. The number of ether oxygens (including phenoxy) is 2. The second kappa shape index (κ2) is 9.61. The number of hydrogen-bond donors (Lipinski definition) is 1. The topological polar surface area (TPSA) is 64.6 Å². The zero-order valence-electron chi connectivity index (χ0n) is 15.5. The van der Waals surface area contributed by atoms with Crippen molar-refractivity contribution in [1.82, 2.24) is 5.32 Å². The van der Waals surface area contributed by atoms with E-state index in [4.69, 9.17) is 9.47 Å². The van der Waals surface area contributed by atoms with Crippen molar-refractivity contribution >= 4 is 12.1 Å². The lowest BCUT2D eigenvalue weighted by molar-refractivity contribution is -0.141. The summed E-state index contributed by atoms with van der Waals surface area (Å²) in [5.74, 6) is -0.372. The molecule has 1 unspecified atom stereocenters. The van der Waals surface area contributed by atoms with Crippen molar-refractivity contribution in [2.24, 2.45) is 0 Å². The number of benzene rings is 2. The molecule has 1 atom stereocenters. The minimum Gasteiger partial charge on any atom is -0.469 e. The van der Waals surface area contributed by atoms with Crippen LogP contribution in [-0.4, -0.2) is 25.2 Å². The van der Waals surface area contributed by atoms with E-state index >= 15 is 0 Å². The summed E-state index contributed by atoms with van der Waals surface area (Å²) in [6.45, 7) is 4.23. The number of carbonyl (C=O) groups is 2. The molecule has 0 aliphatic heterocycles. The molecule has 0 aliphatic carbocycles. The highest BCUT2D eigenvalue weighted by Crippen LogP contribution is 2.14. The van der Waals surface area contributed by atoms with Gasteiger partial charge in [0, 0.05) is 6.04 Å². The third-order valence-electron chi connectivity index (χ3n) is 4.14. The van der Waals surface area contributed by atoms with Crippen LogP contribution in [0.25, 0.3) is 0 Å². The zero-order valence-corrected chi connectivity index (χ0v) is 15.5. The van der Waals surface area contributed by atoms with Gasteiger partial charge in [0.2, 0.25) is 0 Å². The Morgan fingerprint density at radius 3 is 2.46 bits per heavy atom. The fraction of sp³-hybridized carbons (Fsp3) is 0.333. The molecule has 0 heterocycles. The molecule has 0 fully saturated rings. The van der Waals surface area contributed by atoms with Gasteiger partial charge in [0.25, 0.3) is 0 Å². The fourth-order valence-corrected chi connectivity index (χ4v) is 2.73. The summed E-state index contributed by atoms with van der Waals surface area (Å²) in [6, 6.07) is 15.2. The summed E-state index contributed by atoms with van der Waals surface area (Å²) < 4.78 is 10.0. The molecule has 5 nitrogen and oxygen atoms in total. The van der Waals surface area contributed by atoms with Gasteiger partial charge in [0.1, 0.15) is 6.61 Å². The Hall–Kier alpha value is -2.82. The summed E-state index contributed by atoms with van der Waals surface area (Å²) >= 11 is 0. The van der Waals surface area contributed by atoms with Crippen LogP contribution in [0.5, 0.6) is 0 Å². The summed E-state index contributed by atoms with van der Waals surface area (Å²) in [6.07, 6.45) is 0.0684. The predicted octanol–water partition coefficient (Wildman–Crippen LogP) is 3.70. The first kappa shape index (κ1) is 19.5. The Morgan fingerprint density at radius 1 is 1.08 bits per heavy atom. The number of alkyl carbamates (subject to hydrolysis) is 1. The minimum atomic E-state index is -0.549. The summed E-state index contributed by atoms with van der Waals surface area (Å²) in [5, 5.41) is 2.78. The number of methoxy groups -OCH3 is 1. The van der Waals surface area contributed by atoms with E-state index in [2.05, 4.69) is 11.4 Å². The lowest BCUT2D eigenvalue weighted by Gasteiger charge is -2.19. The zero-order chi connectivity index (χ0) is 18.9. The second-order valence-electron chi connectivity index (χ2n) is 6.32. The smallest absolute Gasteiger partial charge is 0.407 e. The maximum atomic E-state index is 12.1. The van der Waals surface area contributed by atoms with Crippen LogP contribution in [0.4, 0.5) is 4.79 Å². The molecule has 0 spiro atoms. The molecule has 5 heteroatoms. The van der Waals surface area contributed by atoms with Crippen LogP contribution in [0, 0.1) is 13.8 Å².